The standard InChI is InChI=1S/C13H18N2O2S/c1-15(2)10-13(17)14-9-12-11(6-8-18-12)5-3-4-7-16/h6,8,16H,4,7,9-10H2,1-2H3,(H,14,17). The number of amides is 1. The molecule has 0 saturated carbocycles. The van der Waals surface area contributed by atoms with Crippen molar-refractivity contribution in [1.29, 1.82) is 0 Å². The van der Waals surface area contributed by atoms with Gasteiger partial charge in [-0.05, 0) is 25.5 Å². The average Bonchev–Trinajstić information content (AvgIpc) is 2.73. The number of nitrogens with one attached hydrogen (secondary N) is 1. The third kappa shape index (κ3) is 5.32. The van der Waals surface area contributed by atoms with Crippen molar-refractivity contribution in [2.75, 3.05) is 27.2 Å². The van der Waals surface area contributed by atoms with Crippen LogP contribution in [0.5, 0.6) is 0 Å². The highest BCUT2D eigenvalue weighted by molar-refractivity contribution is 7.10. The minimum atomic E-state index is 0.00247. The fourth-order valence-corrected chi connectivity index (χ4v) is 2.09. The quantitative estimate of drug-likeness (QED) is 0.770. The maximum absolute atomic E-state index is 11.5. The van der Waals surface area contributed by atoms with Crippen molar-refractivity contribution in [3.63, 3.8) is 0 Å². The Morgan fingerprint density at radius 1 is 1.56 bits per heavy atom. The zero-order valence-electron chi connectivity index (χ0n) is 10.7. The summed E-state index contributed by atoms with van der Waals surface area (Å²) in [5.74, 6) is 5.88. The zero-order valence-corrected chi connectivity index (χ0v) is 11.5. The van der Waals surface area contributed by atoms with Crippen LogP contribution in [0.3, 0.4) is 0 Å². The van der Waals surface area contributed by atoms with Crippen molar-refractivity contribution < 1.29 is 9.90 Å². The number of rotatable bonds is 5. The summed E-state index contributed by atoms with van der Waals surface area (Å²) in [6.45, 7) is 0.969. The maximum atomic E-state index is 11.5. The highest BCUT2D eigenvalue weighted by Gasteiger charge is 2.05. The van der Waals surface area contributed by atoms with Gasteiger partial charge in [-0.25, -0.2) is 0 Å². The van der Waals surface area contributed by atoms with Gasteiger partial charge in [0.1, 0.15) is 0 Å². The topological polar surface area (TPSA) is 52.6 Å². The lowest BCUT2D eigenvalue weighted by Crippen LogP contribution is -2.32. The number of hydrogen-bond donors (Lipinski definition) is 2. The predicted octanol–water partition coefficient (Wildman–Crippen LogP) is 0.660. The molecular weight excluding hydrogens is 248 g/mol. The highest BCUT2D eigenvalue weighted by Crippen LogP contribution is 2.15. The average molecular weight is 266 g/mol. The van der Waals surface area contributed by atoms with E-state index in [1.54, 1.807) is 11.3 Å². The van der Waals surface area contributed by atoms with E-state index in [2.05, 4.69) is 17.2 Å². The molecule has 98 valence electrons. The van der Waals surface area contributed by atoms with Gasteiger partial charge in [-0.15, -0.1) is 11.3 Å². The molecule has 4 nitrogen and oxygen atoms in total. The third-order valence-electron chi connectivity index (χ3n) is 2.11. The molecule has 0 aliphatic carbocycles. The van der Waals surface area contributed by atoms with Crippen LogP contribution in [-0.2, 0) is 11.3 Å². The first kappa shape index (κ1) is 14.7. The van der Waals surface area contributed by atoms with Gasteiger partial charge in [0.25, 0.3) is 0 Å². The van der Waals surface area contributed by atoms with Crippen molar-refractivity contribution >= 4 is 17.2 Å². The molecule has 0 radical (unpaired) electrons. The smallest absolute Gasteiger partial charge is 0.234 e. The summed E-state index contributed by atoms with van der Waals surface area (Å²) >= 11 is 1.58. The fraction of sp³-hybridized carbons (Fsp3) is 0.462. The molecule has 0 bridgehead atoms. The molecule has 1 rings (SSSR count). The summed E-state index contributed by atoms with van der Waals surface area (Å²) in [6, 6.07) is 1.93. The first-order valence-corrected chi connectivity index (χ1v) is 6.59. The van der Waals surface area contributed by atoms with Crippen molar-refractivity contribution in [2.24, 2.45) is 0 Å². The summed E-state index contributed by atoms with van der Waals surface area (Å²) in [5, 5.41) is 13.5. The van der Waals surface area contributed by atoms with E-state index in [9.17, 15) is 4.79 Å². The van der Waals surface area contributed by atoms with E-state index in [-0.39, 0.29) is 12.5 Å². The molecule has 0 aromatic carbocycles. The summed E-state index contributed by atoms with van der Waals surface area (Å²) in [4.78, 5) is 14.4. The Morgan fingerprint density at radius 2 is 2.33 bits per heavy atom. The van der Waals surface area contributed by atoms with Crippen molar-refractivity contribution in [3.05, 3.63) is 21.9 Å². The first-order valence-electron chi connectivity index (χ1n) is 5.71. The van der Waals surface area contributed by atoms with Crippen LogP contribution in [0.4, 0.5) is 0 Å². The van der Waals surface area contributed by atoms with E-state index in [1.807, 2.05) is 30.4 Å². The molecule has 0 saturated heterocycles. The molecule has 0 fully saturated rings. The predicted molar refractivity (Wildman–Crippen MR) is 73.3 cm³/mol. The Kier molecular flexibility index (Phi) is 6.44. The molecule has 1 aromatic heterocycles. The van der Waals surface area contributed by atoms with E-state index >= 15 is 0 Å². The third-order valence-corrected chi connectivity index (χ3v) is 3.03. The molecule has 1 aromatic rings. The number of likely N-dealkylation sites (N-methyl/N-ethyl adjacent to an activating group) is 1. The Balaban J connectivity index is 2.51. The molecule has 0 spiro atoms. The number of hydrogen-bond acceptors (Lipinski definition) is 4. The number of carbonyl (C=O) groups excluding carboxylic acids is 1. The largest absolute Gasteiger partial charge is 0.395 e. The second kappa shape index (κ2) is 7.88. The number of nitrogens with zero attached hydrogens (tertiary/aromatic N) is 1. The van der Waals surface area contributed by atoms with Crippen molar-refractivity contribution in [1.82, 2.24) is 10.2 Å². The van der Waals surface area contributed by atoms with Gasteiger partial charge in [0.2, 0.25) is 5.91 Å². The summed E-state index contributed by atoms with van der Waals surface area (Å²) in [5.41, 5.74) is 0.929. The van der Waals surface area contributed by atoms with Crippen molar-refractivity contribution in [2.45, 2.75) is 13.0 Å². The maximum Gasteiger partial charge on any atom is 0.234 e. The molecule has 5 heteroatoms. The lowest BCUT2D eigenvalue weighted by molar-refractivity contribution is -0.121. The molecule has 0 aliphatic heterocycles. The highest BCUT2D eigenvalue weighted by atomic mass is 32.1. The number of thiophene rings is 1. The molecular formula is C13H18N2O2S. The Bertz CT molecular complexity index is 443. The van der Waals surface area contributed by atoms with Gasteiger partial charge >= 0.3 is 0 Å². The normalized spacial score (nSPS) is 10.0. The molecule has 0 aliphatic rings. The van der Waals surface area contributed by atoms with Crippen LogP contribution in [-0.4, -0.2) is 43.2 Å². The van der Waals surface area contributed by atoms with E-state index < -0.39 is 0 Å². The van der Waals surface area contributed by atoms with Gasteiger partial charge in [0, 0.05) is 16.9 Å². The van der Waals surface area contributed by atoms with Crippen LogP contribution in [0.2, 0.25) is 0 Å². The molecule has 1 heterocycles. The van der Waals surface area contributed by atoms with Gasteiger partial charge < -0.3 is 15.3 Å². The number of aliphatic hydroxyl groups excluding tert-OH is 1. The van der Waals surface area contributed by atoms with Crippen LogP contribution in [0, 0.1) is 11.8 Å². The number of carbonyl (C=O) groups is 1. The first-order chi connectivity index (χ1) is 8.63. The van der Waals surface area contributed by atoms with Crippen molar-refractivity contribution in [3.8, 4) is 11.8 Å². The Morgan fingerprint density at radius 3 is 3.00 bits per heavy atom. The second-order valence-corrected chi connectivity index (χ2v) is 5.05. The Hall–Kier alpha value is -1.35. The van der Waals surface area contributed by atoms with Gasteiger partial charge in [-0.3, -0.25) is 4.79 Å². The van der Waals surface area contributed by atoms with E-state index in [0.717, 1.165) is 10.4 Å². The summed E-state index contributed by atoms with van der Waals surface area (Å²) in [7, 11) is 3.72. The zero-order chi connectivity index (χ0) is 13.4. The minimum absolute atomic E-state index is 0.00247. The lowest BCUT2D eigenvalue weighted by atomic mass is 10.2. The van der Waals surface area contributed by atoms with E-state index in [1.165, 1.54) is 0 Å². The van der Waals surface area contributed by atoms with Gasteiger partial charge in [0.05, 0.1) is 19.7 Å². The van der Waals surface area contributed by atoms with Crippen LogP contribution in [0.25, 0.3) is 0 Å². The van der Waals surface area contributed by atoms with E-state index in [0.29, 0.717) is 19.5 Å². The molecule has 2 N–H and O–H groups in total. The lowest BCUT2D eigenvalue weighted by Gasteiger charge is -2.09. The number of aliphatic hydroxyl groups is 1. The van der Waals surface area contributed by atoms with Crippen LogP contribution in [0.1, 0.15) is 16.9 Å². The summed E-state index contributed by atoms with van der Waals surface area (Å²) < 4.78 is 0. The van der Waals surface area contributed by atoms with Gasteiger partial charge in [0.15, 0.2) is 0 Å². The minimum Gasteiger partial charge on any atom is -0.395 e. The van der Waals surface area contributed by atoms with Crippen LogP contribution >= 0.6 is 11.3 Å². The molecule has 0 atom stereocenters. The van der Waals surface area contributed by atoms with Gasteiger partial charge in [-0.1, -0.05) is 11.8 Å². The fourth-order valence-electron chi connectivity index (χ4n) is 1.32. The monoisotopic (exact) mass is 266 g/mol. The van der Waals surface area contributed by atoms with Crippen LogP contribution in [0.15, 0.2) is 11.4 Å². The molecule has 0 unspecified atom stereocenters. The Labute approximate surface area is 112 Å². The second-order valence-electron chi connectivity index (χ2n) is 4.05. The molecule has 18 heavy (non-hydrogen) atoms. The van der Waals surface area contributed by atoms with Crippen LogP contribution < -0.4 is 5.32 Å². The van der Waals surface area contributed by atoms with Gasteiger partial charge in [-0.2, -0.15) is 0 Å². The summed E-state index contributed by atoms with van der Waals surface area (Å²) in [6.07, 6.45) is 0.474. The SMILES string of the molecule is CN(C)CC(=O)NCc1sccc1C#CCCO. The molecule has 1 amide bonds. The van der Waals surface area contributed by atoms with E-state index in [4.69, 9.17) is 5.11 Å².